The fraction of sp³-hybridized carbons (Fsp3) is 0.278. The molecule has 6 nitrogen and oxygen atoms in total. The fourth-order valence-electron chi connectivity index (χ4n) is 3.32. The van der Waals surface area contributed by atoms with Gasteiger partial charge in [0.05, 0.1) is 10.0 Å². The van der Waals surface area contributed by atoms with Crippen LogP contribution in [-0.4, -0.2) is 39.8 Å². The van der Waals surface area contributed by atoms with Crippen molar-refractivity contribution in [1.82, 2.24) is 15.0 Å². The smallest absolute Gasteiger partial charge is 0.222 e. The van der Waals surface area contributed by atoms with Crippen LogP contribution >= 0.6 is 23.2 Å². The zero-order chi connectivity index (χ0) is 18.3. The number of halogens is 2. The lowest BCUT2D eigenvalue weighted by Gasteiger charge is -2.22. The Morgan fingerprint density at radius 1 is 1.23 bits per heavy atom. The molecule has 8 heteroatoms. The molecule has 2 aromatic heterocycles. The highest BCUT2D eigenvalue weighted by atomic mass is 35.5. The van der Waals surface area contributed by atoms with Crippen LogP contribution in [0.2, 0.25) is 10.0 Å². The number of aliphatic hydroxyl groups is 1. The Labute approximate surface area is 160 Å². The molecule has 3 N–H and O–H groups in total. The predicted molar refractivity (Wildman–Crippen MR) is 105 cm³/mol. The number of nitrogens with two attached hydrogens (primary N) is 1. The minimum atomic E-state index is 0.154. The van der Waals surface area contributed by atoms with Gasteiger partial charge in [-0.15, -0.1) is 0 Å². The second kappa shape index (κ2) is 6.87. The Kier molecular flexibility index (Phi) is 4.56. The molecule has 134 valence electrons. The first-order chi connectivity index (χ1) is 12.6. The maximum Gasteiger partial charge on any atom is 0.222 e. The van der Waals surface area contributed by atoms with Crippen LogP contribution < -0.4 is 10.6 Å². The van der Waals surface area contributed by atoms with E-state index in [-0.39, 0.29) is 18.5 Å². The summed E-state index contributed by atoms with van der Waals surface area (Å²) < 4.78 is 0. The van der Waals surface area contributed by atoms with Crippen LogP contribution in [0.15, 0.2) is 30.5 Å². The SMILES string of the molecule is Nc1ncc2cc(-c3c(Cl)cccc3Cl)c(N3CCC(CO)C3)nc2n1. The van der Waals surface area contributed by atoms with Gasteiger partial charge < -0.3 is 15.7 Å². The first-order valence-electron chi connectivity index (χ1n) is 8.30. The zero-order valence-electron chi connectivity index (χ0n) is 13.9. The van der Waals surface area contributed by atoms with Crippen molar-refractivity contribution in [3.8, 4) is 11.1 Å². The quantitative estimate of drug-likeness (QED) is 0.713. The van der Waals surface area contributed by atoms with E-state index in [1.54, 1.807) is 18.3 Å². The van der Waals surface area contributed by atoms with E-state index in [0.717, 1.165) is 35.3 Å². The van der Waals surface area contributed by atoms with Crippen molar-refractivity contribution in [2.75, 3.05) is 30.3 Å². The molecule has 0 radical (unpaired) electrons. The van der Waals surface area contributed by atoms with Gasteiger partial charge in [0.1, 0.15) is 5.82 Å². The van der Waals surface area contributed by atoms with E-state index in [1.807, 2.05) is 12.1 Å². The summed E-state index contributed by atoms with van der Waals surface area (Å²) in [5.74, 6) is 1.13. The number of benzene rings is 1. The number of pyridine rings is 1. The van der Waals surface area contributed by atoms with E-state index in [2.05, 4.69) is 14.9 Å². The van der Waals surface area contributed by atoms with Gasteiger partial charge in [0, 0.05) is 48.3 Å². The fourth-order valence-corrected chi connectivity index (χ4v) is 3.92. The van der Waals surface area contributed by atoms with Crippen LogP contribution in [0.25, 0.3) is 22.2 Å². The summed E-state index contributed by atoms with van der Waals surface area (Å²) in [6.45, 7) is 1.66. The van der Waals surface area contributed by atoms with Crippen molar-refractivity contribution in [1.29, 1.82) is 0 Å². The van der Waals surface area contributed by atoms with E-state index in [9.17, 15) is 5.11 Å². The highest BCUT2D eigenvalue weighted by Crippen LogP contribution is 2.41. The molecule has 1 aliphatic heterocycles. The third kappa shape index (κ3) is 3.05. The summed E-state index contributed by atoms with van der Waals surface area (Å²) in [5, 5.41) is 11.3. The number of aliphatic hydroxyl groups excluding tert-OH is 1. The van der Waals surface area contributed by atoms with E-state index in [0.29, 0.717) is 22.2 Å². The first-order valence-corrected chi connectivity index (χ1v) is 9.06. The Morgan fingerprint density at radius 2 is 2.00 bits per heavy atom. The standard InChI is InChI=1S/C18H17Cl2N5O/c19-13-2-1-3-14(20)15(13)12-6-11-7-22-18(21)24-16(11)23-17(12)25-5-4-10(8-25)9-26/h1-3,6-7,10,26H,4-5,8-9H2,(H2,21,22,23,24). The number of nitrogen functional groups attached to an aromatic ring is 1. The number of rotatable bonds is 3. The second-order valence-electron chi connectivity index (χ2n) is 6.38. The highest BCUT2D eigenvalue weighted by molar-refractivity contribution is 6.39. The van der Waals surface area contributed by atoms with E-state index in [4.69, 9.17) is 33.9 Å². The van der Waals surface area contributed by atoms with Crippen molar-refractivity contribution >= 4 is 46.0 Å². The van der Waals surface area contributed by atoms with Gasteiger partial charge in [-0.05, 0) is 24.6 Å². The second-order valence-corrected chi connectivity index (χ2v) is 7.19. The monoisotopic (exact) mass is 389 g/mol. The maximum absolute atomic E-state index is 9.49. The van der Waals surface area contributed by atoms with Crippen LogP contribution in [0.4, 0.5) is 11.8 Å². The molecule has 0 aliphatic carbocycles. The predicted octanol–water partition coefficient (Wildman–Crippen LogP) is 3.40. The van der Waals surface area contributed by atoms with Crippen LogP contribution in [-0.2, 0) is 0 Å². The lowest BCUT2D eigenvalue weighted by Crippen LogP contribution is -2.22. The maximum atomic E-state index is 9.49. The summed E-state index contributed by atoms with van der Waals surface area (Å²) in [5.41, 5.74) is 7.78. The molecule has 3 heterocycles. The number of hydrogen-bond acceptors (Lipinski definition) is 6. The van der Waals surface area contributed by atoms with E-state index >= 15 is 0 Å². The van der Waals surface area contributed by atoms with Gasteiger partial charge in [0.2, 0.25) is 5.95 Å². The van der Waals surface area contributed by atoms with Crippen molar-refractivity contribution in [3.63, 3.8) is 0 Å². The minimum Gasteiger partial charge on any atom is -0.396 e. The van der Waals surface area contributed by atoms with Gasteiger partial charge in [-0.2, -0.15) is 4.98 Å². The lowest BCUT2D eigenvalue weighted by atomic mass is 10.0. The lowest BCUT2D eigenvalue weighted by molar-refractivity contribution is 0.238. The Hall–Kier alpha value is -2.15. The van der Waals surface area contributed by atoms with E-state index in [1.165, 1.54) is 0 Å². The normalized spacial score (nSPS) is 17.2. The van der Waals surface area contributed by atoms with Gasteiger partial charge in [-0.1, -0.05) is 29.3 Å². The van der Waals surface area contributed by atoms with Crippen molar-refractivity contribution in [2.45, 2.75) is 6.42 Å². The molecule has 26 heavy (non-hydrogen) atoms. The highest BCUT2D eigenvalue weighted by Gasteiger charge is 2.27. The molecule has 0 amide bonds. The van der Waals surface area contributed by atoms with Gasteiger partial charge >= 0.3 is 0 Å². The van der Waals surface area contributed by atoms with Crippen LogP contribution in [0.3, 0.4) is 0 Å². The number of aromatic nitrogens is 3. The Morgan fingerprint density at radius 3 is 2.69 bits per heavy atom. The largest absolute Gasteiger partial charge is 0.396 e. The number of fused-ring (bicyclic) bond motifs is 1. The molecule has 0 spiro atoms. The molecule has 4 rings (SSSR count). The molecule has 0 saturated carbocycles. The summed E-state index contributed by atoms with van der Waals surface area (Å²) in [6.07, 6.45) is 2.54. The number of nitrogens with zero attached hydrogens (tertiary/aromatic N) is 4. The van der Waals surface area contributed by atoms with Gasteiger partial charge in [-0.25, -0.2) is 9.97 Å². The summed E-state index contributed by atoms with van der Waals surface area (Å²) in [4.78, 5) is 15.2. The molecule has 3 aromatic rings. The first kappa shape index (κ1) is 17.3. The molecule has 1 aromatic carbocycles. The van der Waals surface area contributed by atoms with Crippen LogP contribution in [0.1, 0.15) is 6.42 Å². The van der Waals surface area contributed by atoms with Gasteiger partial charge in [-0.3, -0.25) is 0 Å². The van der Waals surface area contributed by atoms with Crippen LogP contribution in [0, 0.1) is 5.92 Å². The van der Waals surface area contributed by atoms with Crippen molar-refractivity contribution in [2.24, 2.45) is 5.92 Å². The van der Waals surface area contributed by atoms with Crippen LogP contribution in [0.5, 0.6) is 0 Å². The van der Waals surface area contributed by atoms with Gasteiger partial charge in [0.25, 0.3) is 0 Å². The molecular formula is C18H17Cl2N5O. The Balaban J connectivity index is 1.95. The molecule has 1 fully saturated rings. The Bertz CT molecular complexity index is 961. The third-order valence-corrected chi connectivity index (χ3v) is 5.27. The molecular weight excluding hydrogens is 373 g/mol. The molecule has 1 unspecified atom stereocenters. The average Bonchev–Trinajstić information content (AvgIpc) is 3.10. The summed E-state index contributed by atoms with van der Waals surface area (Å²) in [6, 6.07) is 7.35. The summed E-state index contributed by atoms with van der Waals surface area (Å²) in [7, 11) is 0. The topological polar surface area (TPSA) is 88.2 Å². The van der Waals surface area contributed by atoms with Gasteiger partial charge in [0.15, 0.2) is 5.65 Å². The van der Waals surface area contributed by atoms with E-state index < -0.39 is 0 Å². The average molecular weight is 390 g/mol. The zero-order valence-corrected chi connectivity index (χ0v) is 15.4. The van der Waals surface area contributed by atoms with Crippen molar-refractivity contribution < 1.29 is 5.11 Å². The molecule has 0 bridgehead atoms. The number of hydrogen-bond donors (Lipinski definition) is 2. The molecule has 1 aliphatic rings. The molecule has 1 saturated heterocycles. The van der Waals surface area contributed by atoms with Crippen molar-refractivity contribution in [3.05, 3.63) is 40.5 Å². The number of anilines is 2. The summed E-state index contributed by atoms with van der Waals surface area (Å²) >= 11 is 12.9. The minimum absolute atomic E-state index is 0.154. The molecule has 1 atom stereocenters. The third-order valence-electron chi connectivity index (χ3n) is 4.64.